The molecule has 6 nitrogen and oxygen atoms in total. The summed E-state index contributed by atoms with van der Waals surface area (Å²) in [5.41, 5.74) is 0.707. The average molecular weight is 251 g/mol. The Morgan fingerprint density at radius 2 is 2.06 bits per heavy atom. The Morgan fingerprint density at radius 1 is 1.28 bits per heavy atom. The summed E-state index contributed by atoms with van der Waals surface area (Å²) in [6.45, 7) is 1.21. The number of nitrogens with zero attached hydrogens (tertiary/aromatic N) is 1. The lowest BCUT2D eigenvalue weighted by molar-refractivity contribution is -0.139. The summed E-state index contributed by atoms with van der Waals surface area (Å²) in [4.78, 5) is 26.8. The van der Waals surface area contributed by atoms with Crippen molar-refractivity contribution >= 4 is 11.8 Å². The van der Waals surface area contributed by atoms with Crippen LogP contribution in [-0.2, 0) is 20.9 Å². The zero-order chi connectivity index (χ0) is 13.2. The molecule has 0 radical (unpaired) electrons. The fourth-order valence-corrected chi connectivity index (χ4v) is 1.25. The molecule has 98 valence electrons. The quantitative estimate of drug-likeness (QED) is 0.544. The number of hydrogen-bond donors (Lipinski definition) is 2. The number of amides is 2. The maximum absolute atomic E-state index is 11.4. The van der Waals surface area contributed by atoms with E-state index in [9.17, 15) is 9.59 Å². The van der Waals surface area contributed by atoms with Crippen LogP contribution in [0.2, 0.25) is 0 Å². The first kappa shape index (κ1) is 14.1. The van der Waals surface area contributed by atoms with Crippen molar-refractivity contribution in [3.63, 3.8) is 0 Å². The topological polar surface area (TPSA) is 80.3 Å². The molecule has 0 saturated heterocycles. The second-order valence-electron chi connectivity index (χ2n) is 3.61. The highest BCUT2D eigenvalue weighted by molar-refractivity contribution is 6.35. The highest BCUT2D eigenvalue weighted by Gasteiger charge is 2.11. The number of ether oxygens (including phenoxy) is 1. The van der Waals surface area contributed by atoms with E-state index in [2.05, 4.69) is 15.6 Å². The van der Waals surface area contributed by atoms with Gasteiger partial charge in [0.25, 0.3) is 0 Å². The molecule has 1 heterocycles. The van der Waals surface area contributed by atoms with Gasteiger partial charge in [-0.25, -0.2) is 0 Å². The van der Waals surface area contributed by atoms with E-state index in [0.717, 1.165) is 0 Å². The molecule has 0 spiro atoms. The van der Waals surface area contributed by atoms with Gasteiger partial charge in [-0.1, -0.05) is 6.07 Å². The van der Waals surface area contributed by atoms with E-state index >= 15 is 0 Å². The number of carbonyl (C=O) groups is 2. The Hall–Kier alpha value is -1.95. The van der Waals surface area contributed by atoms with Gasteiger partial charge >= 0.3 is 11.8 Å². The molecule has 18 heavy (non-hydrogen) atoms. The number of rotatable bonds is 6. The summed E-state index contributed by atoms with van der Waals surface area (Å²) < 4.78 is 4.83. The van der Waals surface area contributed by atoms with E-state index in [1.807, 2.05) is 6.07 Å². The minimum absolute atomic E-state index is 0.241. The SMILES string of the molecule is COCCCNC(=O)C(=O)NCc1ccccn1. The van der Waals surface area contributed by atoms with Crippen molar-refractivity contribution in [3.8, 4) is 0 Å². The van der Waals surface area contributed by atoms with Gasteiger partial charge in [-0.05, 0) is 18.6 Å². The zero-order valence-corrected chi connectivity index (χ0v) is 10.3. The molecule has 1 aromatic rings. The normalized spacial score (nSPS) is 9.83. The van der Waals surface area contributed by atoms with Gasteiger partial charge in [0.05, 0.1) is 12.2 Å². The van der Waals surface area contributed by atoms with Crippen LogP contribution in [0.3, 0.4) is 0 Å². The van der Waals surface area contributed by atoms with Crippen molar-refractivity contribution in [1.82, 2.24) is 15.6 Å². The lowest BCUT2D eigenvalue weighted by Gasteiger charge is -2.05. The standard InChI is InChI=1S/C12H17N3O3/c1-18-8-4-7-14-11(16)12(17)15-9-10-5-2-3-6-13-10/h2-3,5-6H,4,7-9H2,1H3,(H,14,16)(H,15,17). The number of nitrogens with one attached hydrogen (secondary N) is 2. The van der Waals surface area contributed by atoms with Crippen LogP contribution in [0.15, 0.2) is 24.4 Å². The Labute approximate surface area is 106 Å². The summed E-state index contributed by atoms with van der Waals surface area (Å²) in [5.74, 6) is -1.29. The third-order valence-electron chi connectivity index (χ3n) is 2.17. The van der Waals surface area contributed by atoms with Gasteiger partial charge in [0.15, 0.2) is 0 Å². The summed E-state index contributed by atoms with van der Waals surface area (Å²) in [5, 5.41) is 5.00. The first-order chi connectivity index (χ1) is 8.74. The second-order valence-corrected chi connectivity index (χ2v) is 3.61. The molecular weight excluding hydrogens is 234 g/mol. The lowest BCUT2D eigenvalue weighted by atomic mass is 10.3. The second kappa shape index (κ2) is 8.19. The van der Waals surface area contributed by atoms with Crippen LogP contribution in [0.1, 0.15) is 12.1 Å². The molecule has 0 aliphatic heterocycles. The molecule has 0 aliphatic rings. The molecule has 0 aliphatic carbocycles. The molecule has 2 amide bonds. The number of methoxy groups -OCH3 is 1. The Bertz CT molecular complexity index is 381. The summed E-state index contributed by atoms with van der Waals surface area (Å²) in [6, 6.07) is 5.38. The van der Waals surface area contributed by atoms with Gasteiger partial charge in [0.2, 0.25) is 0 Å². The monoisotopic (exact) mass is 251 g/mol. The maximum Gasteiger partial charge on any atom is 0.309 e. The molecular formula is C12H17N3O3. The third-order valence-corrected chi connectivity index (χ3v) is 2.17. The Balaban J connectivity index is 2.22. The van der Waals surface area contributed by atoms with E-state index in [1.165, 1.54) is 0 Å². The molecule has 1 rings (SSSR count). The zero-order valence-electron chi connectivity index (χ0n) is 10.3. The predicted octanol–water partition coefficient (Wildman–Crippen LogP) is -0.149. The minimum atomic E-state index is -0.655. The van der Waals surface area contributed by atoms with Gasteiger partial charge in [-0.15, -0.1) is 0 Å². The first-order valence-electron chi connectivity index (χ1n) is 5.69. The molecule has 0 atom stereocenters. The fourth-order valence-electron chi connectivity index (χ4n) is 1.25. The largest absolute Gasteiger partial charge is 0.385 e. The van der Waals surface area contributed by atoms with E-state index in [0.29, 0.717) is 25.3 Å². The van der Waals surface area contributed by atoms with Crippen LogP contribution < -0.4 is 10.6 Å². The van der Waals surface area contributed by atoms with Gasteiger partial charge in [0.1, 0.15) is 0 Å². The predicted molar refractivity (Wildman–Crippen MR) is 65.6 cm³/mol. The van der Waals surface area contributed by atoms with E-state index in [-0.39, 0.29) is 6.54 Å². The highest BCUT2D eigenvalue weighted by atomic mass is 16.5. The number of hydrogen-bond acceptors (Lipinski definition) is 4. The van der Waals surface area contributed by atoms with Crippen LogP contribution in [0, 0.1) is 0 Å². The highest BCUT2D eigenvalue weighted by Crippen LogP contribution is 1.91. The molecule has 6 heteroatoms. The average Bonchev–Trinajstić information content (AvgIpc) is 2.42. The summed E-state index contributed by atoms with van der Waals surface area (Å²) in [7, 11) is 1.58. The van der Waals surface area contributed by atoms with Crippen LogP contribution in [-0.4, -0.2) is 37.1 Å². The summed E-state index contributed by atoms with van der Waals surface area (Å²) in [6.07, 6.45) is 2.31. The van der Waals surface area contributed by atoms with Crippen molar-refractivity contribution in [1.29, 1.82) is 0 Å². The smallest absolute Gasteiger partial charge is 0.309 e. The van der Waals surface area contributed by atoms with Crippen molar-refractivity contribution in [2.24, 2.45) is 0 Å². The fraction of sp³-hybridized carbons (Fsp3) is 0.417. The molecule has 0 saturated carbocycles. The summed E-state index contributed by atoms with van der Waals surface area (Å²) >= 11 is 0. The van der Waals surface area contributed by atoms with Gasteiger partial charge in [-0.2, -0.15) is 0 Å². The van der Waals surface area contributed by atoms with Gasteiger partial charge in [-0.3, -0.25) is 14.6 Å². The number of aromatic nitrogens is 1. The van der Waals surface area contributed by atoms with Crippen LogP contribution in [0.4, 0.5) is 0 Å². The Kier molecular flexibility index (Phi) is 6.42. The van der Waals surface area contributed by atoms with E-state index in [4.69, 9.17) is 4.74 Å². The van der Waals surface area contributed by atoms with E-state index in [1.54, 1.807) is 25.4 Å². The van der Waals surface area contributed by atoms with Gasteiger partial charge in [0, 0.05) is 26.5 Å². The van der Waals surface area contributed by atoms with Crippen molar-refractivity contribution in [3.05, 3.63) is 30.1 Å². The van der Waals surface area contributed by atoms with Crippen LogP contribution in [0.25, 0.3) is 0 Å². The minimum Gasteiger partial charge on any atom is -0.385 e. The number of carbonyl (C=O) groups excluding carboxylic acids is 2. The maximum atomic E-state index is 11.4. The first-order valence-corrected chi connectivity index (χ1v) is 5.69. The van der Waals surface area contributed by atoms with Crippen LogP contribution in [0.5, 0.6) is 0 Å². The van der Waals surface area contributed by atoms with Crippen molar-refractivity contribution in [2.45, 2.75) is 13.0 Å². The molecule has 0 fully saturated rings. The number of pyridine rings is 1. The molecule has 0 unspecified atom stereocenters. The third kappa shape index (κ3) is 5.40. The lowest BCUT2D eigenvalue weighted by Crippen LogP contribution is -2.40. The van der Waals surface area contributed by atoms with Crippen molar-refractivity contribution in [2.75, 3.05) is 20.3 Å². The van der Waals surface area contributed by atoms with Gasteiger partial charge < -0.3 is 15.4 Å². The van der Waals surface area contributed by atoms with Crippen molar-refractivity contribution < 1.29 is 14.3 Å². The Morgan fingerprint density at radius 3 is 2.72 bits per heavy atom. The molecule has 0 aromatic carbocycles. The molecule has 2 N–H and O–H groups in total. The van der Waals surface area contributed by atoms with E-state index < -0.39 is 11.8 Å². The van der Waals surface area contributed by atoms with Crippen LogP contribution >= 0.6 is 0 Å². The molecule has 0 bridgehead atoms. The molecule has 1 aromatic heterocycles.